The molecule has 3 nitrogen and oxygen atoms in total. The number of aromatic nitrogens is 2. The van der Waals surface area contributed by atoms with E-state index in [2.05, 4.69) is 9.84 Å². The molecule has 0 N–H and O–H groups in total. The van der Waals surface area contributed by atoms with Gasteiger partial charge in [0.15, 0.2) is 0 Å². The zero-order valence-corrected chi connectivity index (χ0v) is 12.0. The molecule has 7 heteroatoms. The summed E-state index contributed by atoms with van der Waals surface area (Å²) < 4.78 is 41.2. The second-order valence-electron chi connectivity index (χ2n) is 4.15. The summed E-state index contributed by atoms with van der Waals surface area (Å²) >= 11 is 6.13. The highest BCUT2D eigenvalue weighted by atomic mass is 35.5. The third-order valence-electron chi connectivity index (χ3n) is 2.81. The molecule has 0 fully saturated rings. The highest BCUT2D eigenvalue weighted by molar-refractivity contribution is 6.20. The van der Waals surface area contributed by atoms with Gasteiger partial charge in [0.2, 0.25) is 0 Å². The van der Waals surface area contributed by atoms with Crippen molar-refractivity contribution < 1.29 is 17.9 Å². The molecule has 0 saturated carbocycles. The van der Waals surface area contributed by atoms with Crippen molar-refractivity contribution in [2.45, 2.75) is 51.9 Å². The van der Waals surface area contributed by atoms with Crippen LogP contribution in [0.2, 0.25) is 0 Å². The standard InChI is InChI=1S/C12H18ClF3N2O/c1-4-9-11(8(3)13)10(5-2)18(17-9)6-7-19-12(14,15)16/h8H,4-7H2,1-3H3. The number of halogens is 4. The lowest BCUT2D eigenvalue weighted by atomic mass is 10.1. The molecule has 110 valence electrons. The number of aryl methyl sites for hydroxylation is 1. The highest BCUT2D eigenvalue weighted by Crippen LogP contribution is 2.28. The molecule has 0 aliphatic heterocycles. The molecule has 1 heterocycles. The van der Waals surface area contributed by atoms with E-state index in [1.54, 1.807) is 4.68 Å². The minimum absolute atomic E-state index is 0.0687. The molecule has 0 bridgehead atoms. The van der Waals surface area contributed by atoms with Gasteiger partial charge in [-0.1, -0.05) is 13.8 Å². The van der Waals surface area contributed by atoms with Crippen LogP contribution in [0.15, 0.2) is 0 Å². The smallest absolute Gasteiger partial charge is 0.290 e. The van der Waals surface area contributed by atoms with Gasteiger partial charge in [-0.3, -0.25) is 9.42 Å². The van der Waals surface area contributed by atoms with Gasteiger partial charge in [0.25, 0.3) is 0 Å². The van der Waals surface area contributed by atoms with Gasteiger partial charge in [-0.05, 0) is 19.8 Å². The van der Waals surface area contributed by atoms with Gasteiger partial charge in [0, 0.05) is 11.3 Å². The Morgan fingerprint density at radius 2 is 1.95 bits per heavy atom. The quantitative estimate of drug-likeness (QED) is 0.746. The number of hydrogen-bond acceptors (Lipinski definition) is 2. The Morgan fingerprint density at radius 3 is 2.37 bits per heavy atom. The van der Waals surface area contributed by atoms with Crippen LogP contribution in [0, 0.1) is 0 Å². The minimum atomic E-state index is -4.60. The molecular formula is C12H18ClF3N2O. The van der Waals surface area contributed by atoms with Crippen LogP contribution in [-0.4, -0.2) is 22.7 Å². The van der Waals surface area contributed by atoms with Crippen molar-refractivity contribution in [1.82, 2.24) is 9.78 Å². The van der Waals surface area contributed by atoms with Crippen LogP contribution in [-0.2, 0) is 24.1 Å². The van der Waals surface area contributed by atoms with Crippen LogP contribution in [0.4, 0.5) is 13.2 Å². The Kier molecular flexibility index (Phi) is 5.67. The molecule has 0 aliphatic rings. The normalized spacial score (nSPS) is 13.8. The summed E-state index contributed by atoms with van der Waals surface area (Å²) in [6, 6.07) is 0. The zero-order valence-electron chi connectivity index (χ0n) is 11.2. The monoisotopic (exact) mass is 298 g/mol. The van der Waals surface area contributed by atoms with Crippen molar-refractivity contribution in [2.75, 3.05) is 6.61 Å². The zero-order chi connectivity index (χ0) is 14.6. The van der Waals surface area contributed by atoms with Gasteiger partial charge in [-0.15, -0.1) is 24.8 Å². The second-order valence-corrected chi connectivity index (χ2v) is 4.80. The Balaban J connectivity index is 2.89. The van der Waals surface area contributed by atoms with Crippen LogP contribution in [0.25, 0.3) is 0 Å². The fraction of sp³-hybridized carbons (Fsp3) is 0.750. The molecule has 0 aliphatic carbocycles. The molecule has 1 atom stereocenters. The molecule has 1 aromatic heterocycles. The summed E-state index contributed by atoms with van der Waals surface area (Å²) in [5.41, 5.74) is 2.65. The molecule has 0 amide bonds. The van der Waals surface area contributed by atoms with E-state index in [1.165, 1.54) is 0 Å². The molecular weight excluding hydrogens is 281 g/mol. The lowest BCUT2D eigenvalue weighted by Crippen LogP contribution is -2.19. The Morgan fingerprint density at radius 1 is 1.32 bits per heavy atom. The van der Waals surface area contributed by atoms with Crippen LogP contribution >= 0.6 is 11.6 Å². The van der Waals surface area contributed by atoms with Gasteiger partial charge in [0.1, 0.15) is 0 Å². The Bertz CT molecular complexity index is 416. The van der Waals surface area contributed by atoms with Crippen molar-refractivity contribution in [1.29, 1.82) is 0 Å². The summed E-state index contributed by atoms with van der Waals surface area (Å²) in [6.07, 6.45) is -3.23. The number of ether oxygens (including phenoxy) is 1. The van der Waals surface area contributed by atoms with Crippen LogP contribution in [0.1, 0.15) is 43.1 Å². The van der Waals surface area contributed by atoms with E-state index in [0.717, 1.165) is 17.0 Å². The number of rotatable bonds is 6. The predicted octanol–water partition coefficient (Wildman–Crippen LogP) is 3.84. The number of nitrogens with zero attached hydrogens (tertiary/aromatic N) is 2. The lowest BCUT2D eigenvalue weighted by Gasteiger charge is -2.10. The van der Waals surface area contributed by atoms with Crippen molar-refractivity contribution in [3.05, 3.63) is 17.0 Å². The van der Waals surface area contributed by atoms with Gasteiger partial charge in [0.05, 0.1) is 24.2 Å². The largest absolute Gasteiger partial charge is 0.522 e. The van der Waals surface area contributed by atoms with Crippen LogP contribution in [0.3, 0.4) is 0 Å². The Labute approximate surface area is 115 Å². The molecule has 0 aromatic carbocycles. The van der Waals surface area contributed by atoms with Crippen molar-refractivity contribution in [2.24, 2.45) is 0 Å². The fourth-order valence-corrected chi connectivity index (χ4v) is 2.34. The highest BCUT2D eigenvalue weighted by Gasteiger charge is 2.29. The van der Waals surface area contributed by atoms with Gasteiger partial charge in [-0.25, -0.2) is 0 Å². The number of hydrogen-bond donors (Lipinski definition) is 0. The van der Waals surface area contributed by atoms with E-state index in [-0.39, 0.29) is 11.9 Å². The first-order chi connectivity index (χ1) is 8.80. The average molecular weight is 299 g/mol. The van der Waals surface area contributed by atoms with E-state index < -0.39 is 13.0 Å². The van der Waals surface area contributed by atoms with Crippen LogP contribution < -0.4 is 0 Å². The lowest BCUT2D eigenvalue weighted by molar-refractivity contribution is -0.325. The summed E-state index contributed by atoms with van der Waals surface area (Å²) in [5, 5.41) is 4.12. The van der Waals surface area contributed by atoms with E-state index in [9.17, 15) is 13.2 Å². The second kappa shape index (κ2) is 6.61. The third kappa shape index (κ3) is 4.38. The van der Waals surface area contributed by atoms with Crippen molar-refractivity contribution in [3.63, 3.8) is 0 Å². The molecule has 0 spiro atoms. The minimum Gasteiger partial charge on any atom is -0.290 e. The molecule has 0 radical (unpaired) electrons. The Hall–Kier alpha value is -0.750. The van der Waals surface area contributed by atoms with E-state index in [4.69, 9.17) is 11.6 Å². The SMILES string of the molecule is CCc1nn(CCOC(F)(F)F)c(CC)c1C(C)Cl. The van der Waals surface area contributed by atoms with Gasteiger partial charge in [-0.2, -0.15) is 5.10 Å². The average Bonchev–Trinajstić information content (AvgIpc) is 2.65. The van der Waals surface area contributed by atoms with E-state index in [1.807, 2.05) is 20.8 Å². The summed E-state index contributed by atoms with van der Waals surface area (Å²) in [7, 11) is 0. The first-order valence-corrected chi connectivity index (χ1v) is 6.67. The third-order valence-corrected chi connectivity index (χ3v) is 3.03. The summed E-state index contributed by atoms with van der Waals surface area (Å²) in [6.45, 7) is 5.34. The maximum Gasteiger partial charge on any atom is 0.522 e. The van der Waals surface area contributed by atoms with E-state index in [0.29, 0.717) is 12.8 Å². The maximum atomic E-state index is 11.9. The maximum absolute atomic E-state index is 11.9. The molecule has 1 aromatic rings. The molecule has 1 unspecified atom stereocenters. The molecule has 1 rings (SSSR count). The van der Waals surface area contributed by atoms with Gasteiger partial charge >= 0.3 is 6.36 Å². The molecule has 0 saturated heterocycles. The summed E-state index contributed by atoms with van der Waals surface area (Å²) in [4.78, 5) is 0. The van der Waals surface area contributed by atoms with Gasteiger partial charge < -0.3 is 0 Å². The van der Waals surface area contributed by atoms with Crippen molar-refractivity contribution in [3.8, 4) is 0 Å². The van der Waals surface area contributed by atoms with Crippen molar-refractivity contribution >= 4 is 11.6 Å². The topological polar surface area (TPSA) is 27.1 Å². The van der Waals surface area contributed by atoms with E-state index >= 15 is 0 Å². The first kappa shape index (κ1) is 16.3. The van der Waals surface area contributed by atoms with Crippen LogP contribution in [0.5, 0.6) is 0 Å². The molecule has 19 heavy (non-hydrogen) atoms. The first-order valence-electron chi connectivity index (χ1n) is 6.23. The predicted molar refractivity (Wildman–Crippen MR) is 67.3 cm³/mol. The fourth-order valence-electron chi connectivity index (χ4n) is 2.09. The summed E-state index contributed by atoms with van der Waals surface area (Å²) in [5.74, 6) is 0. The number of alkyl halides is 4.